The second-order valence-electron chi connectivity index (χ2n) is 9.19. The van der Waals surface area contributed by atoms with E-state index in [1.54, 1.807) is 48.5 Å². The molecule has 214 valence electrons. The average Bonchev–Trinajstić information content (AvgIpc) is 3.19. The van der Waals surface area contributed by atoms with E-state index in [4.69, 9.17) is 9.47 Å². The summed E-state index contributed by atoms with van der Waals surface area (Å²) in [6.07, 6.45) is 0. The molecule has 0 saturated carbocycles. The average molecular weight is 564 g/mol. The van der Waals surface area contributed by atoms with Gasteiger partial charge in [0.25, 0.3) is 5.91 Å². The fourth-order valence-electron chi connectivity index (χ4n) is 4.12. The number of aromatic nitrogens is 1. The minimum Gasteiger partial charge on any atom is -0.462 e. The summed E-state index contributed by atoms with van der Waals surface area (Å²) < 4.78 is 37.3. The van der Waals surface area contributed by atoms with Crippen LogP contribution in [0.25, 0.3) is 0 Å². The Labute approximate surface area is 229 Å². The van der Waals surface area contributed by atoms with Gasteiger partial charge in [-0.15, -0.1) is 0 Å². The number of Topliss-reactive ketones (excluding diaryl/α,β-unsaturated/α-hetero) is 1. The number of ether oxygens (including phenoxy) is 2. The van der Waals surface area contributed by atoms with Crippen molar-refractivity contribution in [2.24, 2.45) is 5.92 Å². The van der Waals surface area contributed by atoms with E-state index in [0.29, 0.717) is 11.4 Å². The van der Waals surface area contributed by atoms with Crippen LogP contribution in [0.1, 0.15) is 77.1 Å². The highest BCUT2D eigenvalue weighted by atomic mass is 32.2. The first-order valence-corrected chi connectivity index (χ1v) is 14.2. The van der Waals surface area contributed by atoms with Gasteiger partial charge in [-0.25, -0.2) is 18.0 Å². The molecule has 2 rings (SSSR count). The zero-order chi connectivity index (χ0) is 29.5. The highest BCUT2D eigenvalue weighted by Gasteiger charge is 2.30. The van der Waals surface area contributed by atoms with Crippen LogP contribution < -0.4 is 5.32 Å². The van der Waals surface area contributed by atoms with Gasteiger partial charge < -0.3 is 19.8 Å². The summed E-state index contributed by atoms with van der Waals surface area (Å²) in [7, 11) is -3.79. The van der Waals surface area contributed by atoms with Crippen molar-refractivity contribution in [2.75, 3.05) is 26.3 Å². The first kappa shape index (κ1) is 31.7. The third kappa shape index (κ3) is 7.33. The predicted octanol–water partition coefficient (Wildman–Crippen LogP) is 3.02. The number of nitrogens with one attached hydrogen (secondary N) is 2. The Kier molecular flexibility index (Phi) is 11.0. The predicted molar refractivity (Wildman–Crippen MR) is 144 cm³/mol. The molecule has 0 bridgehead atoms. The van der Waals surface area contributed by atoms with Crippen LogP contribution >= 0.6 is 0 Å². The maximum atomic E-state index is 13.0. The normalized spacial score (nSPS) is 12.3. The zero-order valence-corrected chi connectivity index (χ0v) is 24.2. The molecule has 0 fully saturated rings. The van der Waals surface area contributed by atoms with Crippen LogP contribution in [0.15, 0.2) is 29.2 Å². The molecule has 0 aliphatic carbocycles. The molecule has 1 aromatic carbocycles. The Morgan fingerprint density at radius 1 is 0.974 bits per heavy atom. The molecule has 1 amide bonds. The summed E-state index contributed by atoms with van der Waals surface area (Å²) >= 11 is 0. The van der Waals surface area contributed by atoms with Crippen molar-refractivity contribution >= 4 is 33.7 Å². The molecule has 1 atom stereocenters. The summed E-state index contributed by atoms with van der Waals surface area (Å²) in [5.74, 6) is -3.19. The molecule has 2 aromatic rings. The van der Waals surface area contributed by atoms with Crippen LogP contribution in [0, 0.1) is 19.8 Å². The van der Waals surface area contributed by atoms with Crippen molar-refractivity contribution in [1.29, 1.82) is 0 Å². The molecule has 0 radical (unpaired) electrons. The molecule has 0 spiro atoms. The molecular weight excluding hydrogens is 526 g/mol. The topological polar surface area (TPSA) is 152 Å². The minimum absolute atomic E-state index is 0.0392. The summed E-state index contributed by atoms with van der Waals surface area (Å²) in [6, 6.07) is 4.43. The third-order valence-corrected chi connectivity index (χ3v) is 8.17. The number of carbonyl (C=O) groups excluding carboxylic acids is 4. The molecule has 11 nitrogen and oxygen atoms in total. The van der Waals surface area contributed by atoms with Crippen LogP contribution in [0.4, 0.5) is 0 Å². The largest absolute Gasteiger partial charge is 0.462 e. The molecule has 0 saturated heterocycles. The molecule has 12 heteroatoms. The summed E-state index contributed by atoms with van der Waals surface area (Å²) in [4.78, 5) is 54.1. The van der Waals surface area contributed by atoms with Crippen molar-refractivity contribution in [3.63, 3.8) is 0 Å². The zero-order valence-electron chi connectivity index (χ0n) is 23.4. The lowest BCUT2D eigenvalue weighted by atomic mass is 10.0. The van der Waals surface area contributed by atoms with Crippen molar-refractivity contribution in [3.05, 3.63) is 52.3 Å². The molecule has 1 aromatic heterocycles. The maximum Gasteiger partial charge on any atom is 0.340 e. The molecular formula is C27H37N3O8S. The van der Waals surface area contributed by atoms with E-state index in [1.807, 2.05) is 0 Å². The summed E-state index contributed by atoms with van der Waals surface area (Å²) in [6.45, 7) is 11.8. The summed E-state index contributed by atoms with van der Waals surface area (Å²) in [5.41, 5.74) is 1.11. The number of nitrogens with zero attached hydrogens (tertiary/aromatic N) is 1. The van der Waals surface area contributed by atoms with Gasteiger partial charge in [0.1, 0.15) is 6.04 Å². The van der Waals surface area contributed by atoms with E-state index in [-0.39, 0.29) is 41.3 Å². The fraction of sp³-hybridized carbons (Fsp3) is 0.481. The number of hydrogen-bond acceptors (Lipinski definition) is 8. The first-order valence-electron chi connectivity index (χ1n) is 12.8. The van der Waals surface area contributed by atoms with Gasteiger partial charge in [-0.1, -0.05) is 33.8 Å². The Hall–Kier alpha value is -3.51. The van der Waals surface area contributed by atoms with Crippen LogP contribution in [0.5, 0.6) is 0 Å². The first-order chi connectivity index (χ1) is 18.3. The lowest BCUT2D eigenvalue weighted by Crippen LogP contribution is -2.45. The lowest BCUT2D eigenvalue weighted by molar-refractivity contribution is -0.145. The van der Waals surface area contributed by atoms with Crippen molar-refractivity contribution < 1.29 is 37.1 Å². The number of ketones is 1. The van der Waals surface area contributed by atoms with Crippen molar-refractivity contribution in [2.45, 2.75) is 59.4 Å². The number of H-pyrrole nitrogens is 1. The maximum absolute atomic E-state index is 13.0. The van der Waals surface area contributed by atoms with E-state index < -0.39 is 52.2 Å². The molecule has 0 aliphatic rings. The SMILES string of the molecule is CCOC(=O)c1c(C)[nH]c(C)c1C(=O)COC(=O)C(NC(=O)c1cccc(S(=O)(=O)N(CC)CC)c1)C(C)C. The van der Waals surface area contributed by atoms with E-state index in [0.717, 1.165) is 0 Å². The van der Waals surface area contributed by atoms with Crippen LogP contribution in [-0.4, -0.2) is 73.7 Å². The molecule has 1 unspecified atom stereocenters. The van der Waals surface area contributed by atoms with E-state index in [9.17, 15) is 27.6 Å². The second kappa shape index (κ2) is 13.5. The van der Waals surface area contributed by atoms with Gasteiger partial charge in [-0.2, -0.15) is 4.31 Å². The van der Waals surface area contributed by atoms with Gasteiger partial charge >= 0.3 is 11.9 Å². The Balaban J connectivity index is 2.19. The quantitative estimate of drug-likeness (QED) is 0.279. The van der Waals surface area contributed by atoms with E-state index in [1.165, 1.54) is 28.6 Å². The van der Waals surface area contributed by atoms with E-state index >= 15 is 0 Å². The fourth-order valence-corrected chi connectivity index (χ4v) is 5.62. The van der Waals surface area contributed by atoms with E-state index in [2.05, 4.69) is 10.3 Å². The monoisotopic (exact) mass is 563 g/mol. The number of carbonyl (C=O) groups is 4. The van der Waals surface area contributed by atoms with Gasteiger partial charge in [0, 0.05) is 30.0 Å². The number of aromatic amines is 1. The third-order valence-electron chi connectivity index (χ3n) is 6.13. The van der Waals surface area contributed by atoms with Crippen molar-refractivity contribution in [1.82, 2.24) is 14.6 Å². The number of rotatable bonds is 13. The van der Waals surface area contributed by atoms with Crippen LogP contribution in [0.3, 0.4) is 0 Å². The number of benzene rings is 1. The van der Waals surface area contributed by atoms with Crippen LogP contribution in [0.2, 0.25) is 0 Å². The standard InChI is InChI=1S/C27H37N3O8S/c1-8-30(9-2)39(35,36)20-13-11-12-19(14-20)25(32)29-24(16(4)5)27(34)38-15-21(31)22-17(6)28-18(7)23(22)26(33)37-10-3/h11-14,16,24,28H,8-10,15H2,1-7H3,(H,29,32). The smallest absolute Gasteiger partial charge is 0.340 e. The molecule has 2 N–H and O–H groups in total. The van der Waals surface area contributed by atoms with Crippen molar-refractivity contribution in [3.8, 4) is 0 Å². The second-order valence-corrected chi connectivity index (χ2v) is 11.1. The van der Waals surface area contributed by atoms with Gasteiger partial charge in [-0.3, -0.25) is 9.59 Å². The highest BCUT2D eigenvalue weighted by Crippen LogP contribution is 2.21. The van der Waals surface area contributed by atoms with Gasteiger partial charge in [0.05, 0.1) is 22.6 Å². The number of sulfonamides is 1. The molecule has 0 aliphatic heterocycles. The number of hydrogen-bond donors (Lipinski definition) is 2. The molecule has 39 heavy (non-hydrogen) atoms. The Morgan fingerprint density at radius 2 is 1.59 bits per heavy atom. The summed E-state index contributed by atoms with van der Waals surface area (Å²) in [5, 5.41) is 2.58. The lowest BCUT2D eigenvalue weighted by Gasteiger charge is -2.21. The van der Waals surface area contributed by atoms with Gasteiger partial charge in [-0.05, 0) is 44.9 Å². The molecule has 1 heterocycles. The number of aryl methyl sites for hydroxylation is 2. The Bertz CT molecular complexity index is 1330. The van der Waals surface area contributed by atoms with Crippen LogP contribution in [-0.2, 0) is 24.3 Å². The minimum atomic E-state index is -3.79. The number of esters is 2. The number of amides is 1. The Morgan fingerprint density at radius 3 is 2.15 bits per heavy atom. The highest BCUT2D eigenvalue weighted by molar-refractivity contribution is 7.89. The van der Waals surface area contributed by atoms with Gasteiger partial charge in [0.15, 0.2) is 6.61 Å². The van der Waals surface area contributed by atoms with Gasteiger partial charge in [0.2, 0.25) is 15.8 Å².